The second kappa shape index (κ2) is 11.5. The summed E-state index contributed by atoms with van der Waals surface area (Å²) >= 11 is 0. The van der Waals surface area contributed by atoms with E-state index >= 15 is 0 Å². The number of aryl methyl sites for hydroxylation is 2. The molecule has 0 saturated carbocycles. The quantitative estimate of drug-likeness (QED) is 0.268. The Morgan fingerprint density at radius 1 is 1.13 bits per heavy atom. The maximum Gasteiger partial charge on any atom is 0.341 e. The van der Waals surface area contributed by atoms with E-state index in [1.807, 2.05) is 12.1 Å². The second-order valence-corrected chi connectivity index (χ2v) is 6.76. The van der Waals surface area contributed by atoms with Crippen LogP contribution in [0.5, 0.6) is 0 Å². The maximum absolute atomic E-state index is 12.2. The van der Waals surface area contributed by atoms with Crippen molar-refractivity contribution in [1.82, 2.24) is 5.32 Å². The minimum atomic E-state index is -0.711. The van der Waals surface area contributed by atoms with Gasteiger partial charge in [0.15, 0.2) is 12.4 Å². The first-order valence-corrected chi connectivity index (χ1v) is 9.70. The predicted molar refractivity (Wildman–Crippen MR) is 113 cm³/mol. The molecule has 0 aliphatic heterocycles. The topological polar surface area (TPSA) is 112 Å². The molecule has 0 saturated heterocycles. The van der Waals surface area contributed by atoms with Gasteiger partial charge in [-0.25, -0.2) is 9.59 Å². The lowest BCUT2D eigenvalue weighted by molar-refractivity contribution is -0.136. The Morgan fingerprint density at radius 2 is 1.84 bits per heavy atom. The number of nitrogens with one attached hydrogen (secondary N) is 1. The number of carbonyl (C=O) groups excluding carboxylic acids is 4. The normalized spacial score (nSPS) is 10.7. The molecule has 2 aromatic rings. The van der Waals surface area contributed by atoms with Gasteiger partial charge in [0.2, 0.25) is 5.91 Å². The smallest absolute Gasteiger partial charge is 0.341 e. The summed E-state index contributed by atoms with van der Waals surface area (Å²) in [5.74, 6) is -0.975. The lowest BCUT2D eigenvalue weighted by Gasteiger charge is -2.05. The van der Waals surface area contributed by atoms with Gasteiger partial charge in [-0.3, -0.25) is 9.59 Å². The molecule has 0 atom stereocenters. The van der Waals surface area contributed by atoms with E-state index in [2.05, 4.69) is 10.1 Å². The van der Waals surface area contributed by atoms with Crippen LogP contribution in [0.4, 0.5) is 0 Å². The number of esters is 2. The van der Waals surface area contributed by atoms with Gasteiger partial charge in [-0.2, -0.15) is 0 Å². The molecule has 2 rings (SSSR count). The molecule has 0 fully saturated rings. The standard InChI is InChI=1S/C23H25NO7/c1-15-20(23(28)29-3)13-19(31-15)10-11-22(27)30-14-21(26)18-8-6-17(7-9-18)5-4-12-24-16(2)25/h6-11,13H,4-5,12,14H2,1-3H3,(H,24,25)/b11-10+. The molecule has 0 bridgehead atoms. The van der Waals surface area contributed by atoms with Gasteiger partial charge >= 0.3 is 11.9 Å². The highest BCUT2D eigenvalue weighted by molar-refractivity contribution is 5.99. The van der Waals surface area contributed by atoms with E-state index in [1.165, 1.54) is 26.2 Å². The van der Waals surface area contributed by atoms with Gasteiger partial charge in [-0.05, 0) is 37.5 Å². The molecule has 164 valence electrons. The van der Waals surface area contributed by atoms with Crippen LogP contribution in [-0.4, -0.2) is 43.9 Å². The van der Waals surface area contributed by atoms with Crippen molar-refractivity contribution in [2.75, 3.05) is 20.3 Å². The van der Waals surface area contributed by atoms with E-state index < -0.39 is 18.5 Å². The molecule has 1 aromatic heterocycles. The fourth-order valence-electron chi connectivity index (χ4n) is 2.73. The number of hydrogen-bond donors (Lipinski definition) is 1. The van der Waals surface area contributed by atoms with Crippen molar-refractivity contribution in [3.05, 3.63) is 64.6 Å². The van der Waals surface area contributed by atoms with Crippen molar-refractivity contribution in [1.29, 1.82) is 0 Å². The van der Waals surface area contributed by atoms with Crippen molar-refractivity contribution >= 4 is 29.7 Å². The number of benzene rings is 1. The molecule has 8 heteroatoms. The minimum Gasteiger partial charge on any atom is -0.465 e. The molecular weight excluding hydrogens is 402 g/mol. The number of ketones is 1. The summed E-state index contributed by atoms with van der Waals surface area (Å²) in [6, 6.07) is 8.48. The van der Waals surface area contributed by atoms with Crippen LogP contribution in [0.15, 0.2) is 40.8 Å². The zero-order valence-corrected chi connectivity index (χ0v) is 17.7. The third-order valence-corrected chi connectivity index (χ3v) is 4.36. The largest absolute Gasteiger partial charge is 0.465 e. The van der Waals surface area contributed by atoms with Crippen LogP contribution in [-0.2, 0) is 25.5 Å². The van der Waals surface area contributed by atoms with Gasteiger partial charge < -0.3 is 19.2 Å². The average molecular weight is 427 g/mol. The van der Waals surface area contributed by atoms with Crippen LogP contribution in [0.25, 0.3) is 6.08 Å². The van der Waals surface area contributed by atoms with E-state index in [1.54, 1.807) is 19.1 Å². The Balaban J connectivity index is 1.81. The molecule has 0 radical (unpaired) electrons. The fraction of sp³-hybridized carbons (Fsp3) is 0.304. The summed E-state index contributed by atoms with van der Waals surface area (Å²) in [6.07, 6.45) is 4.04. The summed E-state index contributed by atoms with van der Waals surface area (Å²) in [7, 11) is 1.26. The molecule has 1 heterocycles. The molecular formula is C23H25NO7. The molecule has 0 aliphatic rings. The van der Waals surface area contributed by atoms with Gasteiger partial charge in [-0.15, -0.1) is 0 Å². The van der Waals surface area contributed by atoms with E-state index in [0.717, 1.165) is 24.5 Å². The SMILES string of the molecule is COC(=O)c1cc(/C=C/C(=O)OCC(=O)c2ccc(CCCNC(C)=O)cc2)oc1C. The van der Waals surface area contributed by atoms with Gasteiger partial charge in [0.25, 0.3) is 0 Å². The van der Waals surface area contributed by atoms with Crippen molar-refractivity contribution < 1.29 is 33.1 Å². The molecule has 1 aromatic carbocycles. The third-order valence-electron chi connectivity index (χ3n) is 4.36. The monoisotopic (exact) mass is 427 g/mol. The molecule has 1 amide bonds. The van der Waals surface area contributed by atoms with Gasteiger partial charge in [0, 0.05) is 25.1 Å². The van der Waals surface area contributed by atoms with Crippen molar-refractivity contribution in [3.63, 3.8) is 0 Å². The number of ether oxygens (including phenoxy) is 2. The second-order valence-electron chi connectivity index (χ2n) is 6.76. The highest BCUT2D eigenvalue weighted by Gasteiger charge is 2.14. The average Bonchev–Trinajstić information content (AvgIpc) is 3.13. The lowest BCUT2D eigenvalue weighted by Crippen LogP contribution is -2.21. The zero-order valence-electron chi connectivity index (χ0n) is 17.7. The third kappa shape index (κ3) is 7.58. The van der Waals surface area contributed by atoms with Crippen molar-refractivity contribution in [3.8, 4) is 0 Å². The summed E-state index contributed by atoms with van der Waals surface area (Å²) < 4.78 is 15.0. The van der Waals surface area contributed by atoms with E-state index in [-0.39, 0.29) is 23.0 Å². The molecule has 0 spiro atoms. The van der Waals surface area contributed by atoms with Gasteiger partial charge in [-0.1, -0.05) is 24.3 Å². The van der Waals surface area contributed by atoms with Crippen LogP contribution >= 0.6 is 0 Å². The first-order valence-electron chi connectivity index (χ1n) is 9.70. The molecule has 31 heavy (non-hydrogen) atoms. The van der Waals surface area contributed by atoms with E-state index in [4.69, 9.17) is 9.15 Å². The lowest BCUT2D eigenvalue weighted by atomic mass is 10.1. The Bertz CT molecular complexity index is 970. The first kappa shape index (κ1) is 23.6. The van der Waals surface area contributed by atoms with E-state index in [0.29, 0.717) is 17.9 Å². The van der Waals surface area contributed by atoms with Crippen LogP contribution in [0, 0.1) is 6.92 Å². The van der Waals surface area contributed by atoms with E-state index in [9.17, 15) is 19.2 Å². The van der Waals surface area contributed by atoms with Crippen molar-refractivity contribution in [2.45, 2.75) is 26.7 Å². The van der Waals surface area contributed by atoms with Crippen LogP contribution in [0.3, 0.4) is 0 Å². The number of Topliss-reactive ketones (excluding diaryl/α,β-unsaturated/α-hetero) is 1. The number of methoxy groups -OCH3 is 1. The molecule has 0 unspecified atom stereocenters. The van der Waals surface area contributed by atoms with Gasteiger partial charge in [0.1, 0.15) is 17.1 Å². The number of hydrogen-bond acceptors (Lipinski definition) is 7. The number of furan rings is 1. The summed E-state index contributed by atoms with van der Waals surface area (Å²) in [6.45, 7) is 3.29. The van der Waals surface area contributed by atoms with Crippen LogP contribution < -0.4 is 5.32 Å². The zero-order chi connectivity index (χ0) is 22.8. The number of amides is 1. The Morgan fingerprint density at radius 3 is 2.48 bits per heavy atom. The number of rotatable bonds is 10. The summed E-state index contributed by atoms with van der Waals surface area (Å²) in [4.78, 5) is 46.5. The summed E-state index contributed by atoms with van der Waals surface area (Å²) in [5.41, 5.74) is 1.75. The molecule has 1 N–H and O–H groups in total. The highest BCUT2D eigenvalue weighted by atomic mass is 16.5. The fourth-order valence-corrected chi connectivity index (χ4v) is 2.73. The molecule has 0 aliphatic carbocycles. The van der Waals surface area contributed by atoms with Crippen LogP contribution in [0.2, 0.25) is 0 Å². The predicted octanol–water partition coefficient (Wildman–Crippen LogP) is 2.88. The van der Waals surface area contributed by atoms with Crippen molar-refractivity contribution in [2.24, 2.45) is 0 Å². The Labute approximate surface area is 180 Å². The Kier molecular flexibility index (Phi) is 8.75. The maximum atomic E-state index is 12.2. The summed E-state index contributed by atoms with van der Waals surface area (Å²) in [5, 5.41) is 2.73. The minimum absolute atomic E-state index is 0.0597. The first-order chi connectivity index (χ1) is 14.8. The van der Waals surface area contributed by atoms with Gasteiger partial charge in [0.05, 0.1) is 7.11 Å². The number of carbonyl (C=O) groups is 4. The van der Waals surface area contributed by atoms with Crippen LogP contribution in [0.1, 0.15) is 51.1 Å². The molecule has 8 nitrogen and oxygen atoms in total. The highest BCUT2D eigenvalue weighted by Crippen LogP contribution is 2.17. The Hall–Kier alpha value is -3.68.